The Balaban J connectivity index is 2.44. The van der Waals surface area contributed by atoms with Crippen LogP contribution in [0.5, 0.6) is 0 Å². The molecular formula is C36H58N10O14S2. The van der Waals surface area contributed by atoms with Gasteiger partial charge in [-0.05, 0) is 57.4 Å². The number of unbranched alkanes of at least 4 members (excludes halogenated alkanes) is 1. The summed E-state index contributed by atoms with van der Waals surface area (Å²) >= 11 is 0. The van der Waals surface area contributed by atoms with Crippen molar-refractivity contribution in [2.75, 3.05) is 37.7 Å². The largest absolute Gasteiger partial charge is 0.481 e. The molecule has 14 N–H and O–H groups in total. The van der Waals surface area contributed by atoms with E-state index >= 15 is 0 Å². The Morgan fingerprint density at radius 1 is 0.710 bits per heavy atom. The highest BCUT2D eigenvalue weighted by Crippen LogP contribution is 2.24. The van der Waals surface area contributed by atoms with Gasteiger partial charge in [-0.15, -0.1) is 0 Å². The molecule has 0 saturated carbocycles. The van der Waals surface area contributed by atoms with Crippen LogP contribution in [0.3, 0.4) is 0 Å². The van der Waals surface area contributed by atoms with Crippen LogP contribution in [0.15, 0.2) is 0 Å². The first kappa shape index (κ1) is 52.9. The van der Waals surface area contributed by atoms with E-state index in [9.17, 15) is 68.1 Å². The molecule has 62 heavy (non-hydrogen) atoms. The van der Waals surface area contributed by atoms with E-state index in [0.717, 1.165) is 21.6 Å². The van der Waals surface area contributed by atoms with Crippen molar-refractivity contribution in [3.63, 3.8) is 0 Å². The van der Waals surface area contributed by atoms with E-state index in [1.807, 2.05) is 0 Å². The Kier molecular flexibility index (Phi) is 23.0. The topological polar surface area (TPSA) is 388 Å². The van der Waals surface area contributed by atoms with Gasteiger partial charge in [0.05, 0.1) is 25.6 Å². The highest BCUT2D eigenvalue weighted by molar-refractivity contribution is 8.76. The zero-order valence-corrected chi connectivity index (χ0v) is 36.1. The van der Waals surface area contributed by atoms with Crippen LogP contribution in [0.25, 0.3) is 0 Å². The molecule has 8 amide bonds. The minimum Gasteiger partial charge on any atom is -0.481 e. The second-order valence-electron chi connectivity index (χ2n) is 15.0. The average molecular weight is 919 g/mol. The zero-order valence-electron chi connectivity index (χ0n) is 34.5. The van der Waals surface area contributed by atoms with Crippen molar-refractivity contribution >= 4 is 86.8 Å². The molecule has 24 nitrogen and oxygen atoms in total. The molecule has 26 heteroatoms. The number of carboxylic acids is 3. The molecule has 2 fully saturated rings. The summed E-state index contributed by atoms with van der Waals surface area (Å²) in [6.45, 7) is 2.48. The van der Waals surface area contributed by atoms with Gasteiger partial charge in [-0.1, -0.05) is 35.4 Å². The lowest BCUT2D eigenvalue weighted by molar-refractivity contribution is -0.144. The highest BCUT2D eigenvalue weighted by atomic mass is 33.1. The third-order valence-corrected chi connectivity index (χ3v) is 11.9. The summed E-state index contributed by atoms with van der Waals surface area (Å²) in [4.78, 5) is 143. The number of fused-ring (bicyclic) bond motifs is 1. The summed E-state index contributed by atoms with van der Waals surface area (Å²) < 4.78 is 0. The molecule has 0 aromatic carbocycles. The molecule has 0 aliphatic carbocycles. The van der Waals surface area contributed by atoms with Gasteiger partial charge >= 0.3 is 17.9 Å². The minimum atomic E-state index is -1.84. The van der Waals surface area contributed by atoms with Gasteiger partial charge in [0.25, 0.3) is 0 Å². The Bertz CT molecular complexity index is 1660. The van der Waals surface area contributed by atoms with E-state index < -0.39 is 140 Å². The van der Waals surface area contributed by atoms with Gasteiger partial charge in [0.1, 0.15) is 36.3 Å². The van der Waals surface area contributed by atoms with Gasteiger partial charge in [0.15, 0.2) is 0 Å². The second-order valence-corrected chi connectivity index (χ2v) is 17.6. The standard InChI is InChI=1S/C36H58N10O14S2/c1-18(2)12-23-35(58)46-11-5-7-25(46)34(57)45-24(36(59)60)17-62-61-16-19(38)30(53)42-20(6-3-4-10-37)32(55)43-21(8-9-28(49)50)33(56)44-22(13-29(51)52)31(54)40-14-26(47)39-15-27(48)41-23/h18-25H,3-17,37-38H2,1-2H3,(H,39,47)(H,40,54)(H,41,48)(H,42,53)(H,43,55)(H,44,56)(H,45,57)(H,49,50)(H,51,52)(H,59,60)/t19-,20-,21-,22-,23-,24-,25-/m0/s1. The van der Waals surface area contributed by atoms with Crippen molar-refractivity contribution in [2.45, 2.75) is 114 Å². The van der Waals surface area contributed by atoms with Crippen LogP contribution in [0.2, 0.25) is 0 Å². The van der Waals surface area contributed by atoms with Gasteiger partial charge in [0.2, 0.25) is 47.3 Å². The first-order valence-electron chi connectivity index (χ1n) is 20.0. The van der Waals surface area contributed by atoms with Gasteiger partial charge in [0, 0.05) is 24.5 Å². The number of aliphatic carboxylic acids is 3. The first-order valence-corrected chi connectivity index (χ1v) is 22.4. The number of hydrogen-bond acceptors (Lipinski definition) is 15. The summed E-state index contributed by atoms with van der Waals surface area (Å²) in [6.07, 6.45) is -0.710. The normalized spacial score (nSPS) is 26.2. The number of carbonyl (C=O) groups excluding carboxylic acids is 8. The molecule has 0 aromatic rings. The molecule has 0 bridgehead atoms. The van der Waals surface area contributed by atoms with E-state index in [1.165, 1.54) is 4.90 Å². The molecule has 348 valence electrons. The molecule has 2 heterocycles. The number of hydrogen-bond donors (Lipinski definition) is 12. The number of carbonyl (C=O) groups is 11. The van der Waals surface area contributed by atoms with Crippen molar-refractivity contribution in [2.24, 2.45) is 17.4 Å². The summed E-state index contributed by atoms with van der Waals surface area (Å²) in [7, 11) is 1.98. The van der Waals surface area contributed by atoms with E-state index in [1.54, 1.807) is 13.8 Å². The van der Waals surface area contributed by atoms with Crippen LogP contribution in [0.4, 0.5) is 0 Å². The van der Waals surface area contributed by atoms with Crippen molar-refractivity contribution in [3.05, 3.63) is 0 Å². The smallest absolute Gasteiger partial charge is 0.327 e. The number of amides is 8. The van der Waals surface area contributed by atoms with E-state index in [2.05, 4.69) is 37.2 Å². The molecule has 0 unspecified atom stereocenters. The van der Waals surface area contributed by atoms with Crippen LogP contribution in [0.1, 0.15) is 71.6 Å². The van der Waals surface area contributed by atoms with Gasteiger partial charge in [-0.3, -0.25) is 47.9 Å². The number of carboxylic acid groups (broad SMARTS) is 3. The molecule has 2 aliphatic rings. The summed E-state index contributed by atoms with van der Waals surface area (Å²) in [6, 6.07) is -9.70. The fourth-order valence-electron chi connectivity index (χ4n) is 6.23. The lowest BCUT2D eigenvalue weighted by atomic mass is 10.0. The van der Waals surface area contributed by atoms with Crippen molar-refractivity contribution < 1.29 is 68.1 Å². The van der Waals surface area contributed by atoms with Crippen LogP contribution in [0, 0.1) is 5.92 Å². The number of rotatable bonds is 12. The molecule has 7 atom stereocenters. The molecule has 0 radical (unpaired) electrons. The maximum Gasteiger partial charge on any atom is 0.327 e. The van der Waals surface area contributed by atoms with Crippen molar-refractivity contribution in [1.29, 1.82) is 0 Å². The van der Waals surface area contributed by atoms with Gasteiger partial charge < -0.3 is 68.9 Å². The number of nitrogens with two attached hydrogens (primary N) is 2. The SMILES string of the molecule is CC(C)C[C@@H]1NC(=O)CNC(=O)CNC(=O)[C@H](CC(=O)O)NC(=O)[C@H](CCC(=O)O)NC(=O)[C@H](CCCCN)NC(=O)[C@@H](N)CSSC[C@@H](C(=O)O)NC(=O)[C@@H]2CCCN2C1=O. The molecule has 2 saturated heterocycles. The Morgan fingerprint density at radius 3 is 1.94 bits per heavy atom. The predicted octanol–water partition coefficient (Wildman–Crippen LogP) is -4.04. The van der Waals surface area contributed by atoms with Gasteiger partial charge in [-0.2, -0.15) is 0 Å². The van der Waals surface area contributed by atoms with E-state index in [4.69, 9.17) is 11.5 Å². The van der Waals surface area contributed by atoms with Crippen LogP contribution in [-0.4, -0.2) is 165 Å². The maximum absolute atomic E-state index is 13.8. The summed E-state index contributed by atoms with van der Waals surface area (Å²) in [5.41, 5.74) is 11.7. The lowest BCUT2D eigenvalue weighted by Gasteiger charge is -2.30. The maximum atomic E-state index is 13.8. The first-order chi connectivity index (χ1) is 29.2. The Hall–Kier alpha value is -5.21. The summed E-state index contributed by atoms with van der Waals surface area (Å²) in [5.74, 6) is -11.9. The Labute approximate surface area is 365 Å². The van der Waals surface area contributed by atoms with Gasteiger partial charge in [-0.25, -0.2) is 4.79 Å². The summed E-state index contributed by atoms with van der Waals surface area (Å²) in [5, 5.41) is 45.1. The second kappa shape index (κ2) is 27.0. The molecule has 2 aliphatic heterocycles. The molecule has 2 rings (SSSR count). The third-order valence-electron chi connectivity index (χ3n) is 9.44. The quantitative estimate of drug-likeness (QED) is 0.0655. The minimum absolute atomic E-state index is 0.00713. The van der Waals surface area contributed by atoms with Crippen LogP contribution < -0.4 is 48.7 Å². The van der Waals surface area contributed by atoms with E-state index in [-0.39, 0.29) is 49.8 Å². The number of nitrogens with zero attached hydrogens (tertiary/aromatic N) is 1. The molecular weight excluding hydrogens is 861 g/mol. The van der Waals surface area contributed by atoms with E-state index in [0.29, 0.717) is 19.3 Å². The van der Waals surface area contributed by atoms with Crippen LogP contribution in [-0.2, 0) is 52.7 Å². The Morgan fingerprint density at radius 2 is 1.32 bits per heavy atom. The third kappa shape index (κ3) is 18.8. The fraction of sp³-hybridized carbons (Fsp3) is 0.694. The predicted molar refractivity (Wildman–Crippen MR) is 222 cm³/mol. The van der Waals surface area contributed by atoms with Crippen molar-refractivity contribution in [3.8, 4) is 0 Å². The van der Waals surface area contributed by atoms with Crippen LogP contribution >= 0.6 is 21.6 Å². The lowest BCUT2D eigenvalue weighted by Crippen LogP contribution is -2.58. The molecule has 0 spiro atoms. The highest BCUT2D eigenvalue weighted by Gasteiger charge is 2.39. The fourth-order valence-corrected chi connectivity index (χ4v) is 8.51. The zero-order chi connectivity index (χ0) is 46.5. The van der Waals surface area contributed by atoms with Crippen molar-refractivity contribution in [1.82, 2.24) is 42.1 Å². The molecule has 0 aromatic heterocycles. The monoisotopic (exact) mass is 918 g/mol. The average Bonchev–Trinajstić information content (AvgIpc) is 3.70. The number of nitrogens with one attached hydrogen (secondary N) is 7.